The Balaban J connectivity index is 1.75. The van der Waals surface area contributed by atoms with E-state index in [0.29, 0.717) is 11.6 Å². The molecule has 1 amide bonds. The van der Waals surface area contributed by atoms with Gasteiger partial charge in [-0.2, -0.15) is 0 Å². The lowest BCUT2D eigenvalue weighted by Gasteiger charge is -2.33. The summed E-state index contributed by atoms with van der Waals surface area (Å²) >= 11 is 0. The lowest BCUT2D eigenvalue weighted by molar-refractivity contribution is -0.384. The molecule has 8 heteroatoms. The zero-order valence-corrected chi connectivity index (χ0v) is 17.1. The van der Waals surface area contributed by atoms with Gasteiger partial charge in [0.2, 0.25) is 0 Å². The molecule has 3 rings (SSSR count). The van der Waals surface area contributed by atoms with Gasteiger partial charge in [-0.3, -0.25) is 14.9 Å². The van der Waals surface area contributed by atoms with Gasteiger partial charge in [-0.1, -0.05) is 19.8 Å². The number of carbonyl (C=O) groups is 2. The Morgan fingerprint density at radius 2 is 1.86 bits per heavy atom. The second-order valence-electron chi connectivity index (χ2n) is 8.17. The van der Waals surface area contributed by atoms with Gasteiger partial charge in [0.05, 0.1) is 16.2 Å². The van der Waals surface area contributed by atoms with Crippen molar-refractivity contribution in [3.05, 3.63) is 33.9 Å². The summed E-state index contributed by atoms with van der Waals surface area (Å²) in [7, 11) is 0. The molecule has 1 aliphatic carbocycles. The molecular formula is C21H29N3O5. The number of hydrogen-bond acceptors (Lipinski definition) is 6. The number of nitrogens with zero attached hydrogens (tertiary/aromatic N) is 2. The van der Waals surface area contributed by atoms with Crippen LogP contribution in [0.4, 0.5) is 11.4 Å². The maximum atomic E-state index is 12.8. The predicted molar refractivity (Wildman–Crippen MR) is 109 cm³/mol. The Kier molecular flexibility index (Phi) is 6.71. The Labute approximate surface area is 170 Å². The largest absolute Gasteiger partial charge is 0.449 e. The van der Waals surface area contributed by atoms with Crippen LogP contribution in [0.2, 0.25) is 0 Å². The molecule has 2 fully saturated rings. The zero-order valence-electron chi connectivity index (χ0n) is 17.1. The minimum Gasteiger partial charge on any atom is -0.449 e. The average molecular weight is 403 g/mol. The Morgan fingerprint density at radius 3 is 2.48 bits per heavy atom. The molecule has 1 N–H and O–H groups in total. The van der Waals surface area contributed by atoms with Crippen LogP contribution in [-0.4, -0.2) is 42.0 Å². The molecule has 2 aliphatic rings. The number of nitro benzene ring substituents is 1. The van der Waals surface area contributed by atoms with Gasteiger partial charge < -0.3 is 15.0 Å². The third-order valence-corrected chi connectivity index (χ3v) is 5.89. The number of hydrogen-bond donors (Lipinski definition) is 1. The van der Waals surface area contributed by atoms with Crippen molar-refractivity contribution >= 4 is 23.3 Å². The summed E-state index contributed by atoms with van der Waals surface area (Å²) in [5.74, 6) is -0.431. The lowest BCUT2D eigenvalue weighted by atomic mass is 9.98. The van der Waals surface area contributed by atoms with Gasteiger partial charge in [-0.15, -0.1) is 0 Å². The number of amides is 1. The molecule has 0 radical (unpaired) electrons. The van der Waals surface area contributed by atoms with Crippen LogP contribution in [0.5, 0.6) is 0 Å². The molecule has 158 valence electrons. The number of nitrogens with one attached hydrogen (secondary N) is 1. The zero-order chi connectivity index (χ0) is 21.0. The van der Waals surface area contributed by atoms with Gasteiger partial charge in [0.1, 0.15) is 0 Å². The monoisotopic (exact) mass is 403 g/mol. The molecule has 0 bridgehead atoms. The molecule has 0 aromatic heterocycles. The van der Waals surface area contributed by atoms with Crippen molar-refractivity contribution in [1.29, 1.82) is 0 Å². The van der Waals surface area contributed by atoms with Gasteiger partial charge in [0.25, 0.3) is 11.6 Å². The van der Waals surface area contributed by atoms with Crippen LogP contribution in [0, 0.1) is 16.0 Å². The van der Waals surface area contributed by atoms with E-state index in [-0.39, 0.29) is 23.2 Å². The van der Waals surface area contributed by atoms with Gasteiger partial charge in [-0.25, -0.2) is 4.79 Å². The number of anilines is 1. The van der Waals surface area contributed by atoms with Crippen molar-refractivity contribution in [1.82, 2.24) is 5.32 Å². The van der Waals surface area contributed by atoms with E-state index in [1.807, 2.05) is 0 Å². The van der Waals surface area contributed by atoms with E-state index in [2.05, 4.69) is 17.1 Å². The molecule has 1 heterocycles. The number of nitro groups is 1. The predicted octanol–water partition coefficient (Wildman–Crippen LogP) is 3.44. The summed E-state index contributed by atoms with van der Waals surface area (Å²) in [4.78, 5) is 37.9. The van der Waals surface area contributed by atoms with Crippen LogP contribution < -0.4 is 10.2 Å². The number of carbonyl (C=O) groups excluding carboxylic acids is 2. The fourth-order valence-electron chi connectivity index (χ4n) is 3.99. The minimum absolute atomic E-state index is 0.132. The summed E-state index contributed by atoms with van der Waals surface area (Å²) in [6.45, 7) is 5.27. The highest BCUT2D eigenvalue weighted by Gasteiger charge is 2.28. The first-order valence-corrected chi connectivity index (χ1v) is 10.4. The van der Waals surface area contributed by atoms with Gasteiger partial charge >= 0.3 is 5.97 Å². The number of non-ortho nitro benzene ring substituents is 1. The number of piperidine rings is 1. The maximum Gasteiger partial charge on any atom is 0.341 e. The normalized spacial score (nSPS) is 19.0. The quantitative estimate of drug-likeness (QED) is 0.443. The van der Waals surface area contributed by atoms with Crippen LogP contribution in [0.25, 0.3) is 0 Å². The van der Waals surface area contributed by atoms with E-state index in [4.69, 9.17) is 4.74 Å². The van der Waals surface area contributed by atoms with Crippen LogP contribution >= 0.6 is 0 Å². The van der Waals surface area contributed by atoms with Gasteiger partial charge in [-0.05, 0) is 44.6 Å². The summed E-state index contributed by atoms with van der Waals surface area (Å²) in [5, 5.41) is 14.1. The highest BCUT2D eigenvalue weighted by Crippen LogP contribution is 2.30. The Bertz CT molecular complexity index is 768. The molecular weight excluding hydrogens is 374 g/mol. The van der Waals surface area contributed by atoms with Crippen LogP contribution in [0.15, 0.2) is 18.2 Å². The lowest BCUT2D eigenvalue weighted by Crippen LogP contribution is -2.41. The number of rotatable bonds is 6. The van der Waals surface area contributed by atoms with E-state index in [1.54, 1.807) is 6.07 Å². The molecule has 1 saturated heterocycles. The van der Waals surface area contributed by atoms with Crippen molar-refractivity contribution in [3.63, 3.8) is 0 Å². The van der Waals surface area contributed by atoms with E-state index in [9.17, 15) is 19.7 Å². The van der Waals surface area contributed by atoms with Gasteiger partial charge in [0, 0.05) is 31.3 Å². The third kappa shape index (κ3) is 5.25. The van der Waals surface area contributed by atoms with E-state index in [1.165, 1.54) is 19.1 Å². The Morgan fingerprint density at radius 1 is 1.21 bits per heavy atom. The van der Waals surface area contributed by atoms with E-state index in [0.717, 1.165) is 51.6 Å². The summed E-state index contributed by atoms with van der Waals surface area (Å²) in [6.07, 6.45) is 5.08. The second kappa shape index (κ2) is 9.24. The fraction of sp³-hybridized carbons (Fsp3) is 0.619. The smallest absolute Gasteiger partial charge is 0.341 e. The van der Waals surface area contributed by atoms with Crippen LogP contribution in [-0.2, 0) is 9.53 Å². The van der Waals surface area contributed by atoms with Gasteiger partial charge in [0.15, 0.2) is 6.10 Å². The molecule has 8 nitrogen and oxygen atoms in total. The number of esters is 1. The minimum atomic E-state index is -0.961. The van der Waals surface area contributed by atoms with Crippen molar-refractivity contribution in [2.45, 2.75) is 64.5 Å². The van der Waals surface area contributed by atoms with Crippen molar-refractivity contribution in [2.75, 3.05) is 18.0 Å². The molecule has 1 aromatic carbocycles. The summed E-state index contributed by atoms with van der Waals surface area (Å²) in [6, 6.07) is 4.39. The molecule has 1 aromatic rings. The average Bonchev–Trinajstić information content (AvgIpc) is 3.21. The third-order valence-electron chi connectivity index (χ3n) is 5.89. The highest BCUT2D eigenvalue weighted by molar-refractivity contribution is 5.98. The van der Waals surface area contributed by atoms with Crippen LogP contribution in [0.1, 0.15) is 62.7 Å². The second-order valence-corrected chi connectivity index (χ2v) is 8.17. The molecule has 1 atom stereocenters. The molecule has 29 heavy (non-hydrogen) atoms. The molecule has 1 saturated carbocycles. The molecule has 1 aliphatic heterocycles. The number of ether oxygens (including phenoxy) is 1. The molecule has 0 unspecified atom stereocenters. The highest BCUT2D eigenvalue weighted by atomic mass is 16.6. The SMILES string of the molecule is CC1CCN(c2ccc([N+](=O)[O-])cc2C(=O)O[C@@H](C)C(=O)NC2CCCC2)CC1. The Hall–Kier alpha value is -2.64. The van der Waals surface area contributed by atoms with Crippen LogP contribution in [0.3, 0.4) is 0 Å². The topological polar surface area (TPSA) is 102 Å². The van der Waals surface area contributed by atoms with E-state index < -0.39 is 17.0 Å². The standard InChI is InChI=1S/C21H29N3O5/c1-14-9-11-23(12-10-14)19-8-7-17(24(27)28)13-18(19)21(26)29-15(2)20(25)22-16-5-3-4-6-16/h7-8,13-16H,3-6,9-12H2,1-2H3,(H,22,25)/t15-/m0/s1. The van der Waals surface area contributed by atoms with Crippen molar-refractivity contribution in [2.24, 2.45) is 5.92 Å². The van der Waals surface area contributed by atoms with Crippen molar-refractivity contribution in [3.8, 4) is 0 Å². The number of benzene rings is 1. The van der Waals surface area contributed by atoms with E-state index >= 15 is 0 Å². The van der Waals surface area contributed by atoms with Crippen molar-refractivity contribution < 1.29 is 19.2 Å². The maximum absolute atomic E-state index is 12.8. The first-order chi connectivity index (χ1) is 13.8. The fourth-order valence-corrected chi connectivity index (χ4v) is 3.99. The first kappa shape index (κ1) is 21.1. The summed E-state index contributed by atoms with van der Waals surface area (Å²) < 4.78 is 5.40. The molecule has 0 spiro atoms. The first-order valence-electron chi connectivity index (χ1n) is 10.4. The summed E-state index contributed by atoms with van der Waals surface area (Å²) in [5.41, 5.74) is 0.583.